The van der Waals surface area contributed by atoms with Crippen molar-refractivity contribution in [3.05, 3.63) is 75.9 Å². The van der Waals surface area contributed by atoms with E-state index in [1.165, 1.54) is 16.9 Å². The molecule has 1 saturated heterocycles. The fourth-order valence-electron chi connectivity index (χ4n) is 4.30. The van der Waals surface area contributed by atoms with Gasteiger partial charge in [0.15, 0.2) is 0 Å². The zero-order valence-electron chi connectivity index (χ0n) is 19.4. The Hall–Kier alpha value is -2.91. The minimum absolute atomic E-state index is 0.107. The third-order valence-electron chi connectivity index (χ3n) is 6.09. The number of primary amides is 1. The molecule has 1 aromatic carbocycles. The molecule has 4 aromatic rings. The van der Waals surface area contributed by atoms with Crippen LogP contribution in [0.3, 0.4) is 0 Å². The molecule has 3 aromatic heterocycles. The number of rotatable bonds is 8. The SMILES string of the molecule is CC(Oc1cc(-c2cnc3cc(CN4CCOCC4)ccn23)sc1CC(N)=O)c1ccccc1Cl. The molecule has 4 heterocycles. The molecule has 0 saturated carbocycles. The molecule has 1 aliphatic heterocycles. The van der Waals surface area contributed by atoms with Crippen molar-refractivity contribution >= 4 is 34.5 Å². The summed E-state index contributed by atoms with van der Waals surface area (Å²) in [5, 5.41) is 0.640. The number of halogens is 1. The van der Waals surface area contributed by atoms with E-state index in [1.54, 1.807) is 0 Å². The van der Waals surface area contributed by atoms with E-state index in [1.807, 2.05) is 49.6 Å². The van der Waals surface area contributed by atoms with Crippen LogP contribution in [-0.4, -0.2) is 46.5 Å². The Morgan fingerprint density at radius 3 is 2.83 bits per heavy atom. The number of ether oxygens (including phenoxy) is 2. The Morgan fingerprint density at radius 1 is 1.26 bits per heavy atom. The number of morpholine rings is 1. The molecule has 1 amide bonds. The van der Waals surface area contributed by atoms with Crippen LogP contribution in [0.4, 0.5) is 0 Å². The van der Waals surface area contributed by atoms with E-state index in [2.05, 4.69) is 26.4 Å². The van der Waals surface area contributed by atoms with Crippen LogP contribution in [0.1, 0.15) is 29.0 Å². The van der Waals surface area contributed by atoms with E-state index in [-0.39, 0.29) is 12.5 Å². The molecule has 1 fully saturated rings. The van der Waals surface area contributed by atoms with Gasteiger partial charge in [-0.2, -0.15) is 0 Å². The normalized spacial score (nSPS) is 15.4. The van der Waals surface area contributed by atoms with Gasteiger partial charge in [-0.1, -0.05) is 29.8 Å². The average Bonchev–Trinajstić information content (AvgIpc) is 3.43. The van der Waals surface area contributed by atoms with Crippen molar-refractivity contribution < 1.29 is 14.3 Å². The minimum Gasteiger partial charge on any atom is -0.485 e. The Kier molecular flexibility index (Phi) is 7.06. The molecule has 1 atom stereocenters. The number of hydrogen-bond acceptors (Lipinski definition) is 6. The smallest absolute Gasteiger partial charge is 0.222 e. The first-order valence-corrected chi connectivity index (χ1v) is 12.8. The molecule has 7 nitrogen and oxygen atoms in total. The van der Waals surface area contributed by atoms with Crippen molar-refractivity contribution in [1.82, 2.24) is 14.3 Å². The first kappa shape index (κ1) is 23.8. The number of benzene rings is 1. The molecule has 5 rings (SSSR count). The van der Waals surface area contributed by atoms with Crippen LogP contribution in [0.5, 0.6) is 5.75 Å². The maximum atomic E-state index is 11.8. The van der Waals surface area contributed by atoms with Crippen molar-refractivity contribution in [2.45, 2.75) is 26.0 Å². The van der Waals surface area contributed by atoms with Gasteiger partial charge in [0.1, 0.15) is 17.5 Å². The van der Waals surface area contributed by atoms with Gasteiger partial charge in [0.05, 0.1) is 41.3 Å². The van der Waals surface area contributed by atoms with Crippen molar-refractivity contribution in [3.63, 3.8) is 0 Å². The molecule has 0 aliphatic carbocycles. The molecule has 9 heteroatoms. The molecule has 0 radical (unpaired) electrons. The largest absolute Gasteiger partial charge is 0.485 e. The summed E-state index contributed by atoms with van der Waals surface area (Å²) in [6.45, 7) is 6.26. The summed E-state index contributed by atoms with van der Waals surface area (Å²) >= 11 is 7.86. The van der Waals surface area contributed by atoms with Gasteiger partial charge in [-0.3, -0.25) is 14.1 Å². The van der Waals surface area contributed by atoms with Crippen molar-refractivity contribution in [1.29, 1.82) is 0 Å². The summed E-state index contributed by atoms with van der Waals surface area (Å²) in [5.41, 5.74) is 9.45. The van der Waals surface area contributed by atoms with Crippen LogP contribution in [0.15, 0.2) is 54.9 Å². The predicted octanol–water partition coefficient (Wildman–Crippen LogP) is 4.72. The van der Waals surface area contributed by atoms with Crippen molar-refractivity contribution in [2.24, 2.45) is 5.73 Å². The molecule has 182 valence electrons. The van der Waals surface area contributed by atoms with E-state index in [9.17, 15) is 4.79 Å². The second-order valence-corrected chi connectivity index (χ2v) is 10.2. The summed E-state index contributed by atoms with van der Waals surface area (Å²) in [4.78, 5) is 20.5. The summed E-state index contributed by atoms with van der Waals surface area (Å²) < 4.78 is 13.8. The van der Waals surface area contributed by atoms with Gasteiger partial charge in [0.25, 0.3) is 0 Å². The van der Waals surface area contributed by atoms with Crippen LogP contribution in [0.25, 0.3) is 16.2 Å². The summed E-state index contributed by atoms with van der Waals surface area (Å²) in [6.07, 6.45) is 3.72. The van der Waals surface area contributed by atoms with Crippen LogP contribution in [-0.2, 0) is 22.5 Å². The first-order chi connectivity index (χ1) is 17.0. The van der Waals surface area contributed by atoms with Crippen molar-refractivity contribution in [3.8, 4) is 16.3 Å². The van der Waals surface area contributed by atoms with Crippen LogP contribution in [0, 0.1) is 0 Å². The van der Waals surface area contributed by atoms with Gasteiger partial charge < -0.3 is 15.2 Å². The molecule has 0 bridgehead atoms. The number of hydrogen-bond donors (Lipinski definition) is 1. The van der Waals surface area contributed by atoms with Gasteiger partial charge in [0, 0.05) is 42.5 Å². The predicted molar refractivity (Wildman–Crippen MR) is 138 cm³/mol. The van der Waals surface area contributed by atoms with Gasteiger partial charge in [-0.05, 0) is 30.7 Å². The van der Waals surface area contributed by atoms with E-state index < -0.39 is 5.91 Å². The molecule has 35 heavy (non-hydrogen) atoms. The zero-order valence-corrected chi connectivity index (χ0v) is 21.0. The Morgan fingerprint density at radius 2 is 2.06 bits per heavy atom. The van der Waals surface area contributed by atoms with E-state index in [4.69, 9.17) is 26.8 Å². The number of amides is 1. The van der Waals surface area contributed by atoms with E-state index in [0.717, 1.165) is 59.5 Å². The average molecular weight is 511 g/mol. The lowest BCUT2D eigenvalue weighted by molar-refractivity contribution is -0.117. The number of nitrogens with zero attached hydrogens (tertiary/aromatic N) is 3. The fraction of sp³-hybridized carbons (Fsp3) is 0.308. The molecule has 2 N–H and O–H groups in total. The van der Waals surface area contributed by atoms with Gasteiger partial charge in [-0.15, -0.1) is 11.3 Å². The quantitative estimate of drug-likeness (QED) is 0.371. The third-order valence-corrected chi connectivity index (χ3v) is 7.57. The number of nitrogens with two attached hydrogens (primary N) is 1. The Labute approximate surface area is 213 Å². The highest BCUT2D eigenvalue weighted by molar-refractivity contribution is 7.15. The number of aromatic nitrogens is 2. The number of thiophene rings is 1. The molecular weight excluding hydrogens is 484 g/mol. The van der Waals surface area contributed by atoms with E-state index in [0.29, 0.717) is 10.8 Å². The Bertz CT molecular complexity index is 1350. The topological polar surface area (TPSA) is 82.1 Å². The minimum atomic E-state index is -0.403. The second kappa shape index (κ2) is 10.4. The lowest BCUT2D eigenvalue weighted by Gasteiger charge is -2.26. The summed E-state index contributed by atoms with van der Waals surface area (Å²) in [7, 11) is 0. The van der Waals surface area contributed by atoms with Crippen LogP contribution >= 0.6 is 22.9 Å². The number of imidazole rings is 1. The highest BCUT2D eigenvalue weighted by atomic mass is 35.5. The molecule has 1 unspecified atom stereocenters. The molecular formula is C26H27ClN4O3S. The lowest BCUT2D eigenvalue weighted by Crippen LogP contribution is -2.35. The van der Waals surface area contributed by atoms with Gasteiger partial charge in [0.2, 0.25) is 5.91 Å². The zero-order chi connectivity index (χ0) is 24.4. The van der Waals surface area contributed by atoms with Crippen LogP contribution in [0.2, 0.25) is 5.02 Å². The number of carbonyl (C=O) groups is 1. The summed E-state index contributed by atoms with van der Waals surface area (Å²) in [5.74, 6) is 0.231. The van der Waals surface area contributed by atoms with Crippen molar-refractivity contribution in [2.75, 3.05) is 26.3 Å². The molecule has 1 aliphatic rings. The highest BCUT2D eigenvalue weighted by Gasteiger charge is 2.20. The number of carbonyl (C=O) groups excluding carboxylic acids is 1. The standard InChI is InChI=1S/C26H27ClN4O3S/c1-17(19-4-2-3-5-20(19)27)34-22-13-23(35-24(22)14-25(28)32)21-15-29-26-12-18(6-7-31(21)26)16-30-8-10-33-11-9-30/h2-7,12-13,15,17H,8-11,14,16H2,1H3,(H2,28,32). The maximum Gasteiger partial charge on any atom is 0.222 e. The lowest BCUT2D eigenvalue weighted by atomic mass is 10.1. The van der Waals surface area contributed by atoms with Gasteiger partial charge in [-0.25, -0.2) is 4.98 Å². The first-order valence-electron chi connectivity index (χ1n) is 11.6. The molecule has 0 spiro atoms. The van der Waals surface area contributed by atoms with Crippen LogP contribution < -0.4 is 10.5 Å². The number of fused-ring (bicyclic) bond motifs is 1. The Balaban J connectivity index is 1.42. The second-order valence-electron chi connectivity index (χ2n) is 8.62. The highest BCUT2D eigenvalue weighted by Crippen LogP contribution is 2.39. The third kappa shape index (κ3) is 5.36. The monoisotopic (exact) mass is 510 g/mol. The summed E-state index contributed by atoms with van der Waals surface area (Å²) in [6, 6.07) is 13.8. The fourth-order valence-corrected chi connectivity index (χ4v) is 5.70. The van der Waals surface area contributed by atoms with E-state index >= 15 is 0 Å². The van der Waals surface area contributed by atoms with Gasteiger partial charge >= 0.3 is 0 Å². The maximum absolute atomic E-state index is 11.8. The number of pyridine rings is 1.